The topological polar surface area (TPSA) is 51.6 Å². The average molecular weight is 1350 g/mol. The number of thiophene rings is 4. The lowest BCUT2D eigenvalue weighted by molar-refractivity contribution is 1.18. The third-order valence-electron chi connectivity index (χ3n) is 19.1. The first-order valence-corrected chi connectivity index (χ1v) is 36.7. The van der Waals surface area contributed by atoms with Gasteiger partial charge in [-0.25, -0.2) is 19.9 Å². The van der Waals surface area contributed by atoms with Gasteiger partial charge in [-0.05, 0) is 106 Å². The molecule has 0 bridgehead atoms. The van der Waals surface area contributed by atoms with Crippen molar-refractivity contribution in [2.24, 2.45) is 0 Å². The van der Waals surface area contributed by atoms with E-state index in [2.05, 4.69) is 291 Å². The van der Waals surface area contributed by atoms with Crippen molar-refractivity contribution in [3.63, 3.8) is 0 Å². The molecule has 0 amide bonds. The van der Waals surface area contributed by atoms with E-state index < -0.39 is 0 Å². The third kappa shape index (κ3) is 10.8. The number of hydrogen-bond donors (Lipinski definition) is 0. The monoisotopic (exact) mass is 1340 g/mol. The Bertz CT molecular complexity index is 6420. The lowest BCUT2D eigenvalue weighted by Gasteiger charge is -2.15. The van der Waals surface area contributed by atoms with Gasteiger partial charge in [0.25, 0.3) is 0 Å². The second-order valence-corrected chi connectivity index (χ2v) is 29.4. The number of nitrogens with zero attached hydrogens (tertiary/aromatic N) is 4. The van der Waals surface area contributed by atoms with Gasteiger partial charge in [-0.1, -0.05) is 267 Å². The van der Waals surface area contributed by atoms with E-state index >= 15 is 0 Å². The summed E-state index contributed by atoms with van der Waals surface area (Å²) in [7, 11) is 0. The lowest BCUT2D eigenvalue weighted by atomic mass is 9.90. The molecule has 100 heavy (non-hydrogen) atoms. The standard InChI is InChI=1S/2C46H28N2S2/c1-3-13-29(14-4-1)40-28-41(48-46(47-40)30-15-5-2-6-16-30)31-25-26-32(35-19-11-20-36-33-17-7-9-23-42(33)49-44(35)36)39(27-31)38-22-12-21-37-34-18-8-10-24-43(34)50-45(37)38;1-3-11-29(12-4-1)40-28-41(48-46(47-40)30-13-5-2-6-14-30)33-19-22-34(31-20-23-44-38(25-31)35-15-7-9-17-42(35)49-44)37(27-33)32-21-24-45-39(26-32)36-16-8-10-18-43(36)50-45/h2*1-28H. The van der Waals surface area contributed by atoms with Crippen LogP contribution in [0.2, 0.25) is 0 Å². The second-order valence-electron chi connectivity index (χ2n) is 25.1. The van der Waals surface area contributed by atoms with Crippen molar-refractivity contribution in [3.8, 4) is 112 Å². The minimum Gasteiger partial charge on any atom is -0.228 e. The van der Waals surface area contributed by atoms with Gasteiger partial charge in [-0.15, -0.1) is 45.3 Å². The van der Waals surface area contributed by atoms with Gasteiger partial charge < -0.3 is 0 Å². The summed E-state index contributed by atoms with van der Waals surface area (Å²) >= 11 is 7.46. The molecule has 20 aromatic rings. The van der Waals surface area contributed by atoms with Crippen LogP contribution in [0, 0.1) is 0 Å². The first-order chi connectivity index (χ1) is 49.5. The highest BCUT2D eigenvalue weighted by Crippen LogP contribution is 2.49. The van der Waals surface area contributed by atoms with E-state index in [1.165, 1.54) is 125 Å². The number of fused-ring (bicyclic) bond motifs is 12. The zero-order valence-electron chi connectivity index (χ0n) is 53.8. The Morgan fingerprint density at radius 3 is 0.930 bits per heavy atom. The molecular weight excluding hydrogens is 1290 g/mol. The first kappa shape index (κ1) is 59.4. The molecule has 0 N–H and O–H groups in total. The molecular formula is C92H56N4S4. The summed E-state index contributed by atoms with van der Waals surface area (Å²) < 4.78 is 10.5. The Morgan fingerprint density at radius 1 is 0.160 bits per heavy atom. The lowest BCUT2D eigenvalue weighted by Crippen LogP contribution is -1.96. The molecule has 6 heterocycles. The van der Waals surface area contributed by atoms with Crippen LogP contribution in [0.15, 0.2) is 340 Å². The van der Waals surface area contributed by atoms with Crippen LogP contribution in [0.4, 0.5) is 0 Å². The highest BCUT2D eigenvalue weighted by molar-refractivity contribution is 7.27. The predicted molar refractivity (Wildman–Crippen MR) is 430 cm³/mol. The van der Waals surface area contributed by atoms with Crippen molar-refractivity contribution < 1.29 is 0 Å². The van der Waals surface area contributed by atoms with Gasteiger partial charge in [0.05, 0.1) is 22.8 Å². The molecule has 0 atom stereocenters. The van der Waals surface area contributed by atoms with Crippen LogP contribution in [0.1, 0.15) is 0 Å². The summed E-state index contributed by atoms with van der Waals surface area (Å²) in [4.78, 5) is 20.5. The molecule has 0 unspecified atom stereocenters. The van der Waals surface area contributed by atoms with Gasteiger partial charge >= 0.3 is 0 Å². The SMILES string of the molecule is c1ccc(-c2cc(-c3ccc(-c4ccc5sc6ccccc6c5c4)c(-c4ccc5sc6ccccc6c5c4)c3)nc(-c3ccccc3)n2)cc1.c1ccc(-c2cc(-c3ccc(-c4cccc5c4sc4ccccc45)c(-c4cccc5c4sc4ccccc45)c3)nc(-c3ccccc3)n2)cc1. The van der Waals surface area contributed by atoms with Crippen molar-refractivity contribution >= 4 is 126 Å². The fourth-order valence-corrected chi connectivity index (χ4v) is 18.8. The Kier molecular flexibility index (Phi) is 15.0. The van der Waals surface area contributed by atoms with Gasteiger partial charge in [0.2, 0.25) is 0 Å². The fraction of sp³-hybridized carbons (Fsp3) is 0. The van der Waals surface area contributed by atoms with Crippen molar-refractivity contribution in [3.05, 3.63) is 340 Å². The van der Waals surface area contributed by atoms with Gasteiger partial charge in [0, 0.05) is 125 Å². The summed E-state index contributed by atoms with van der Waals surface area (Å²) in [6.07, 6.45) is 0. The van der Waals surface area contributed by atoms with E-state index in [4.69, 9.17) is 19.9 Å². The third-order valence-corrected chi connectivity index (χ3v) is 23.8. The van der Waals surface area contributed by atoms with Crippen LogP contribution in [-0.2, 0) is 0 Å². The van der Waals surface area contributed by atoms with E-state index in [-0.39, 0.29) is 0 Å². The molecule has 20 rings (SSSR count). The summed E-state index contributed by atoms with van der Waals surface area (Å²) in [6.45, 7) is 0. The Labute approximate surface area is 593 Å². The molecule has 0 radical (unpaired) electrons. The summed E-state index contributed by atoms with van der Waals surface area (Å²) in [5.74, 6) is 1.43. The molecule has 0 fully saturated rings. The fourth-order valence-electron chi connectivity index (χ4n) is 14.2. The van der Waals surface area contributed by atoms with Gasteiger partial charge in [-0.3, -0.25) is 0 Å². The predicted octanol–water partition coefficient (Wildman–Crippen LogP) is 27.1. The van der Waals surface area contributed by atoms with Crippen LogP contribution in [0.25, 0.3) is 193 Å². The molecule has 0 saturated carbocycles. The summed E-state index contributed by atoms with van der Waals surface area (Å²) in [6, 6.07) is 122. The van der Waals surface area contributed by atoms with E-state index in [0.29, 0.717) is 11.6 Å². The number of aromatic nitrogens is 4. The normalized spacial score (nSPS) is 11.6. The Morgan fingerprint density at radius 2 is 0.480 bits per heavy atom. The second kappa shape index (κ2) is 25.2. The average Bonchev–Trinajstić information content (AvgIpc) is 1.53. The number of benzene rings is 14. The largest absolute Gasteiger partial charge is 0.228 e. The van der Waals surface area contributed by atoms with E-state index in [0.717, 1.165) is 56.2 Å². The van der Waals surface area contributed by atoms with E-state index in [1.54, 1.807) is 0 Å². The van der Waals surface area contributed by atoms with Gasteiger partial charge in [0.1, 0.15) is 0 Å². The molecule has 0 aliphatic rings. The van der Waals surface area contributed by atoms with Gasteiger partial charge in [-0.2, -0.15) is 0 Å². The van der Waals surface area contributed by atoms with Crippen molar-refractivity contribution in [2.75, 3.05) is 0 Å². The van der Waals surface area contributed by atoms with Crippen LogP contribution < -0.4 is 0 Å². The molecule has 14 aromatic carbocycles. The van der Waals surface area contributed by atoms with Crippen LogP contribution in [-0.4, -0.2) is 19.9 Å². The maximum atomic E-state index is 5.21. The quantitative estimate of drug-likeness (QED) is 0.137. The Balaban J connectivity index is 0.000000139. The first-order valence-electron chi connectivity index (χ1n) is 33.5. The summed E-state index contributed by atoms with van der Waals surface area (Å²) in [5, 5.41) is 10.4. The van der Waals surface area contributed by atoms with Crippen LogP contribution in [0.5, 0.6) is 0 Å². The zero-order valence-corrected chi connectivity index (χ0v) is 57.0. The molecule has 4 nitrogen and oxygen atoms in total. The number of hydrogen-bond acceptors (Lipinski definition) is 8. The molecule has 8 heteroatoms. The Hall–Kier alpha value is -11.9. The van der Waals surface area contributed by atoms with Crippen molar-refractivity contribution in [1.29, 1.82) is 0 Å². The summed E-state index contributed by atoms with van der Waals surface area (Å²) in [5.41, 5.74) is 19.5. The minimum absolute atomic E-state index is 0.716. The van der Waals surface area contributed by atoms with Gasteiger partial charge in [0.15, 0.2) is 11.6 Å². The van der Waals surface area contributed by atoms with Crippen molar-refractivity contribution in [1.82, 2.24) is 19.9 Å². The highest BCUT2D eigenvalue weighted by Gasteiger charge is 2.22. The molecule has 0 spiro atoms. The molecule has 468 valence electrons. The van der Waals surface area contributed by atoms with Crippen LogP contribution >= 0.6 is 45.3 Å². The minimum atomic E-state index is 0.716. The zero-order chi connectivity index (χ0) is 66.0. The maximum Gasteiger partial charge on any atom is 0.160 e. The van der Waals surface area contributed by atoms with Crippen LogP contribution in [0.3, 0.4) is 0 Å². The highest BCUT2D eigenvalue weighted by atomic mass is 32.1. The molecule has 6 aromatic heterocycles. The molecule has 0 aliphatic heterocycles. The molecule has 0 saturated heterocycles. The van der Waals surface area contributed by atoms with E-state index in [9.17, 15) is 0 Å². The molecule has 0 aliphatic carbocycles. The van der Waals surface area contributed by atoms with Crippen molar-refractivity contribution in [2.45, 2.75) is 0 Å². The van der Waals surface area contributed by atoms with E-state index in [1.807, 2.05) is 93.9 Å². The maximum absolute atomic E-state index is 5.21. The smallest absolute Gasteiger partial charge is 0.160 e. The number of rotatable bonds is 10.